The van der Waals surface area contributed by atoms with Gasteiger partial charge in [0.15, 0.2) is 0 Å². The van der Waals surface area contributed by atoms with Crippen molar-refractivity contribution in [2.24, 2.45) is 17.8 Å². The van der Waals surface area contributed by atoms with Crippen molar-refractivity contribution in [3.8, 4) is 0 Å². The van der Waals surface area contributed by atoms with Crippen molar-refractivity contribution in [1.29, 1.82) is 0 Å². The van der Waals surface area contributed by atoms with Crippen LogP contribution in [0.2, 0.25) is 0 Å². The highest BCUT2D eigenvalue weighted by Crippen LogP contribution is 2.43. The quantitative estimate of drug-likeness (QED) is 0.842. The molecule has 1 aromatic rings. The first-order chi connectivity index (χ1) is 10.1. The molecule has 0 heterocycles. The maximum atomic E-state index is 11.4. The molecule has 0 spiro atoms. The topological polar surface area (TPSA) is 32.3 Å². The largest absolute Gasteiger partial charge is 0.384 e. The number of nitrogens with zero attached hydrogens (tertiary/aromatic N) is 1. The Kier molecular flexibility index (Phi) is 4.00. The highest BCUT2D eigenvalue weighted by atomic mass is 16.2. The first-order valence-electron chi connectivity index (χ1n) is 7.85. The molecule has 3 atom stereocenters. The Morgan fingerprint density at radius 3 is 2.76 bits per heavy atom. The minimum absolute atomic E-state index is 0.100. The van der Waals surface area contributed by atoms with Crippen LogP contribution in [-0.2, 0) is 11.3 Å². The lowest BCUT2D eigenvalue weighted by Crippen LogP contribution is -2.24. The normalized spacial score (nSPS) is 26.1. The second-order valence-corrected chi connectivity index (χ2v) is 6.45. The van der Waals surface area contributed by atoms with Crippen LogP contribution < -0.4 is 5.32 Å². The van der Waals surface area contributed by atoms with E-state index in [1.807, 2.05) is 13.1 Å². The molecular formula is C18H24N2O. The number of nitrogens with one attached hydrogen (secondary N) is 1. The molecule has 0 aliphatic heterocycles. The van der Waals surface area contributed by atoms with Crippen molar-refractivity contribution in [3.63, 3.8) is 0 Å². The van der Waals surface area contributed by atoms with E-state index in [1.165, 1.54) is 18.4 Å². The molecule has 2 aliphatic carbocycles. The SMILES string of the molecule is CC(=O)N(C)Cc1ccccc1NCC1CC2C=CC1C2. The number of carbonyl (C=O) groups excluding carboxylic acids is 1. The molecule has 0 radical (unpaired) electrons. The molecular weight excluding hydrogens is 260 g/mol. The molecule has 2 aliphatic rings. The zero-order valence-corrected chi connectivity index (χ0v) is 12.9. The third-order valence-corrected chi connectivity index (χ3v) is 4.93. The Morgan fingerprint density at radius 2 is 2.10 bits per heavy atom. The van der Waals surface area contributed by atoms with Crippen LogP contribution in [0, 0.1) is 17.8 Å². The molecule has 3 nitrogen and oxygen atoms in total. The number of hydrogen-bond donors (Lipinski definition) is 1. The first kappa shape index (κ1) is 14.2. The molecule has 112 valence electrons. The zero-order chi connectivity index (χ0) is 14.8. The van der Waals surface area contributed by atoms with E-state index in [2.05, 4.69) is 35.7 Å². The molecule has 3 unspecified atom stereocenters. The number of rotatable bonds is 5. The van der Waals surface area contributed by atoms with Crippen molar-refractivity contribution in [1.82, 2.24) is 4.90 Å². The minimum Gasteiger partial charge on any atom is -0.384 e. The summed E-state index contributed by atoms with van der Waals surface area (Å²) in [7, 11) is 1.85. The summed E-state index contributed by atoms with van der Waals surface area (Å²) >= 11 is 0. The van der Waals surface area contributed by atoms with Crippen LogP contribution in [0.4, 0.5) is 5.69 Å². The van der Waals surface area contributed by atoms with E-state index in [4.69, 9.17) is 0 Å². The minimum atomic E-state index is 0.100. The smallest absolute Gasteiger partial charge is 0.219 e. The van der Waals surface area contributed by atoms with Gasteiger partial charge in [-0.25, -0.2) is 0 Å². The fourth-order valence-electron chi connectivity index (χ4n) is 3.57. The van der Waals surface area contributed by atoms with Gasteiger partial charge in [0.05, 0.1) is 0 Å². The van der Waals surface area contributed by atoms with Crippen LogP contribution in [0.5, 0.6) is 0 Å². The summed E-state index contributed by atoms with van der Waals surface area (Å²) in [4.78, 5) is 13.2. The number of anilines is 1. The van der Waals surface area contributed by atoms with Crippen LogP contribution >= 0.6 is 0 Å². The highest BCUT2D eigenvalue weighted by molar-refractivity contribution is 5.73. The van der Waals surface area contributed by atoms with Gasteiger partial charge >= 0.3 is 0 Å². The van der Waals surface area contributed by atoms with Crippen LogP contribution in [0.25, 0.3) is 0 Å². The zero-order valence-electron chi connectivity index (χ0n) is 12.9. The molecule has 1 amide bonds. The van der Waals surface area contributed by atoms with Crippen LogP contribution in [-0.4, -0.2) is 24.4 Å². The van der Waals surface area contributed by atoms with Crippen LogP contribution in [0.1, 0.15) is 25.3 Å². The van der Waals surface area contributed by atoms with Gasteiger partial charge in [0.1, 0.15) is 0 Å². The Morgan fingerprint density at radius 1 is 1.29 bits per heavy atom. The van der Waals surface area contributed by atoms with Crippen LogP contribution in [0.3, 0.4) is 0 Å². The lowest BCUT2D eigenvalue weighted by Gasteiger charge is -2.22. The molecule has 3 heteroatoms. The second-order valence-electron chi connectivity index (χ2n) is 6.45. The number of hydrogen-bond acceptors (Lipinski definition) is 2. The summed E-state index contributed by atoms with van der Waals surface area (Å²) in [5.74, 6) is 2.46. The van der Waals surface area contributed by atoms with Crippen molar-refractivity contribution < 1.29 is 4.79 Å². The standard InChI is InChI=1S/C18H24N2O/c1-13(21)20(2)12-16-5-3-4-6-18(16)19-11-17-10-14-7-8-15(17)9-14/h3-8,14-15,17,19H,9-12H2,1-2H3. The van der Waals surface area contributed by atoms with E-state index >= 15 is 0 Å². The number of amides is 1. The van der Waals surface area contributed by atoms with Crippen molar-refractivity contribution in [2.75, 3.05) is 18.9 Å². The Balaban J connectivity index is 1.62. The van der Waals surface area contributed by atoms with E-state index in [9.17, 15) is 4.79 Å². The molecule has 0 saturated heterocycles. The fourth-order valence-corrected chi connectivity index (χ4v) is 3.57. The monoisotopic (exact) mass is 284 g/mol. The van der Waals surface area contributed by atoms with Gasteiger partial charge in [0.25, 0.3) is 0 Å². The van der Waals surface area contributed by atoms with E-state index in [0.717, 1.165) is 30.0 Å². The molecule has 3 rings (SSSR count). The maximum Gasteiger partial charge on any atom is 0.219 e. The van der Waals surface area contributed by atoms with E-state index in [0.29, 0.717) is 6.54 Å². The maximum absolute atomic E-state index is 11.4. The summed E-state index contributed by atoms with van der Waals surface area (Å²) in [5.41, 5.74) is 2.35. The Hall–Kier alpha value is -1.77. The van der Waals surface area contributed by atoms with E-state index in [1.54, 1.807) is 11.8 Å². The summed E-state index contributed by atoms with van der Waals surface area (Å²) in [6.45, 7) is 3.30. The summed E-state index contributed by atoms with van der Waals surface area (Å²) < 4.78 is 0. The molecule has 0 aromatic heterocycles. The average molecular weight is 284 g/mol. The number of carbonyl (C=O) groups is 1. The highest BCUT2D eigenvalue weighted by Gasteiger charge is 2.35. The second kappa shape index (κ2) is 5.92. The van der Waals surface area contributed by atoms with E-state index < -0.39 is 0 Å². The van der Waals surface area contributed by atoms with Crippen molar-refractivity contribution >= 4 is 11.6 Å². The predicted molar refractivity (Wildman–Crippen MR) is 85.9 cm³/mol. The van der Waals surface area contributed by atoms with Gasteiger partial charge in [-0.05, 0) is 42.2 Å². The van der Waals surface area contributed by atoms with E-state index in [-0.39, 0.29) is 5.91 Å². The fraction of sp³-hybridized carbons (Fsp3) is 0.500. The average Bonchev–Trinajstić information content (AvgIpc) is 3.08. The number of fused-ring (bicyclic) bond motifs is 2. The predicted octanol–water partition coefficient (Wildman–Crippen LogP) is 3.29. The first-order valence-corrected chi connectivity index (χ1v) is 7.85. The molecule has 21 heavy (non-hydrogen) atoms. The molecule has 1 N–H and O–H groups in total. The van der Waals surface area contributed by atoms with Crippen LogP contribution in [0.15, 0.2) is 36.4 Å². The lowest BCUT2D eigenvalue weighted by atomic mass is 9.93. The Labute approximate surface area is 127 Å². The molecule has 1 aromatic carbocycles. The third kappa shape index (κ3) is 3.12. The van der Waals surface area contributed by atoms with Gasteiger partial charge in [-0.1, -0.05) is 30.4 Å². The number of benzene rings is 1. The molecule has 2 bridgehead atoms. The molecule has 1 saturated carbocycles. The molecule has 1 fully saturated rings. The van der Waals surface area contributed by atoms with Gasteiger partial charge in [-0.3, -0.25) is 4.79 Å². The van der Waals surface area contributed by atoms with Gasteiger partial charge < -0.3 is 10.2 Å². The van der Waals surface area contributed by atoms with Crippen molar-refractivity contribution in [2.45, 2.75) is 26.3 Å². The Bertz CT molecular complexity index is 552. The number of allylic oxidation sites excluding steroid dienone is 2. The summed E-state index contributed by atoms with van der Waals surface area (Å²) in [6, 6.07) is 8.31. The van der Waals surface area contributed by atoms with Gasteiger partial charge in [0, 0.05) is 32.7 Å². The van der Waals surface area contributed by atoms with Gasteiger partial charge in [-0.15, -0.1) is 0 Å². The lowest BCUT2D eigenvalue weighted by molar-refractivity contribution is -0.128. The van der Waals surface area contributed by atoms with Gasteiger partial charge in [0.2, 0.25) is 5.91 Å². The van der Waals surface area contributed by atoms with Gasteiger partial charge in [-0.2, -0.15) is 0 Å². The number of para-hydroxylation sites is 1. The summed E-state index contributed by atoms with van der Waals surface area (Å²) in [5, 5.41) is 3.61. The summed E-state index contributed by atoms with van der Waals surface area (Å²) in [6.07, 6.45) is 7.46. The third-order valence-electron chi connectivity index (χ3n) is 4.93. The van der Waals surface area contributed by atoms with Crippen molar-refractivity contribution in [3.05, 3.63) is 42.0 Å².